The van der Waals surface area contributed by atoms with Crippen LogP contribution in [0.1, 0.15) is 6.92 Å². The summed E-state index contributed by atoms with van der Waals surface area (Å²) in [5.41, 5.74) is 0. The molecule has 0 aliphatic rings. The highest BCUT2D eigenvalue weighted by molar-refractivity contribution is 7.89. The minimum atomic E-state index is -7.14. The van der Waals surface area contributed by atoms with Gasteiger partial charge in [0.05, 0.1) is 6.61 Å². The van der Waals surface area contributed by atoms with Crippen molar-refractivity contribution in [1.29, 1.82) is 0 Å². The molecular formula is C9H7F9O3S. The fraction of sp³-hybridized carbons (Fsp3) is 0.667. The van der Waals surface area contributed by atoms with Crippen LogP contribution in [0.2, 0.25) is 0 Å². The molecule has 0 heterocycles. The summed E-state index contributed by atoms with van der Waals surface area (Å²) in [6, 6.07) is 0. The molecule has 0 aromatic rings. The van der Waals surface area contributed by atoms with Crippen LogP contribution in [0.25, 0.3) is 0 Å². The van der Waals surface area contributed by atoms with Crippen LogP contribution >= 0.6 is 0 Å². The second kappa shape index (κ2) is 6.46. The summed E-state index contributed by atoms with van der Waals surface area (Å²) < 4.78 is 127. The monoisotopic (exact) mass is 366 g/mol. The van der Waals surface area contributed by atoms with Crippen molar-refractivity contribution < 1.29 is 53.3 Å². The highest BCUT2D eigenvalue weighted by Gasteiger charge is 2.83. The average Bonchev–Trinajstić information content (AvgIpc) is 2.34. The van der Waals surface area contributed by atoms with Gasteiger partial charge in [-0.25, -0.2) is 9.00 Å². The van der Waals surface area contributed by atoms with E-state index in [9.17, 15) is 48.5 Å². The molecule has 0 saturated heterocycles. The Bertz CT molecular complexity index is 469. The topological polar surface area (TPSA) is 43.4 Å². The van der Waals surface area contributed by atoms with E-state index in [4.69, 9.17) is 0 Å². The van der Waals surface area contributed by atoms with E-state index in [-0.39, 0.29) is 12.7 Å². The molecule has 0 fully saturated rings. The van der Waals surface area contributed by atoms with Crippen molar-refractivity contribution in [3.8, 4) is 0 Å². The fourth-order valence-corrected chi connectivity index (χ4v) is 1.67. The van der Waals surface area contributed by atoms with Gasteiger partial charge < -0.3 is 4.74 Å². The predicted octanol–water partition coefficient (Wildman–Crippen LogP) is 3.24. The molecule has 0 aliphatic carbocycles. The molecule has 0 amide bonds. The third kappa shape index (κ3) is 3.73. The van der Waals surface area contributed by atoms with Crippen molar-refractivity contribution >= 4 is 16.8 Å². The zero-order valence-corrected chi connectivity index (χ0v) is 11.2. The summed E-state index contributed by atoms with van der Waals surface area (Å²) in [5.74, 6) is -15.6. The first-order valence-corrected chi connectivity index (χ1v) is 6.30. The van der Waals surface area contributed by atoms with Crippen LogP contribution in [0.15, 0.2) is 11.5 Å². The standard InChI is InChI=1S/C9H7F9O3S/c1-2-21-5(19)3-4-22(20)9(17,18)7(12,13)6(10,11)8(14,15)16/h3-4H,2H2,1H3/b4-3+/t22-/m0/s1. The summed E-state index contributed by atoms with van der Waals surface area (Å²) in [6.07, 6.45) is -7.07. The Hall–Kier alpha value is -1.27. The lowest BCUT2D eigenvalue weighted by atomic mass is 10.1. The van der Waals surface area contributed by atoms with E-state index in [2.05, 4.69) is 4.74 Å². The van der Waals surface area contributed by atoms with Gasteiger partial charge in [0.25, 0.3) is 0 Å². The van der Waals surface area contributed by atoms with E-state index in [1.807, 2.05) is 0 Å². The largest absolute Gasteiger partial charge is 0.463 e. The first kappa shape index (κ1) is 20.7. The molecule has 0 rings (SSSR count). The quantitative estimate of drug-likeness (QED) is 0.412. The van der Waals surface area contributed by atoms with Crippen LogP contribution in [-0.2, 0) is 20.3 Å². The Morgan fingerprint density at radius 2 is 1.45 bits per heavy atom. The van der Waals surface area contributed by atoms with Gasteiger partial charge in [-0.1, -0.05) is 0 Å². The number of alkyl halides is 9. The number of hydrogen-bond acceptors (Lipinski definition) is 3. The van der Waals surface area contributed by atoms with Gasteiger partial charge in [0.2, 0.25) is 0 Å². The number of rotatable bonds is 6. The molecule has 130 valence electrons. The highest BCUT2D eigenvalue weighted by atomic mass is 32.2. The Morgan fingerprint density at radius 1 is 1.00 bits per heavy atom. The first-order valence-electron chi connectivity index (χ1n) is 5.08. The first-order chi connectivity index (χ1) is 9.63. The molecule has 0 radical (unpaired) electrons. The summed E-state index contributed by atoms with van der Waals surface area (Å²) in [4.78, 5) is 10.7. The molecule has 13 heteroatoms. The van der Waals surface area contributed by atoms with Crippen molar-refractivity contribution in [2.75, 3.05) is 6.61 Å². The maximum atomic E-state index is 13.0. The lowest BCUT2D eigenvalue weighted by molar-refractivity contribution is -0.381. The SMILES string of the molecule is CCOC(=O)/C=C/[S@](=O)C(F)(F)C(F)(F)C(F)(F)C(F)(F)F. The smallest absolute Gasteiger partial charge is 0.460 e. The molecule has 22 heavy (non-hydrogen) atoms. The van der Waals surface area contributed by atoms with Gasteiger partial charge in [-0.3, -0.25) is 0 Å². The number of halogens is 9. The van der Waals surface area contributed by atoms with Crippen molar-refractivity contribution in [2.24, 2.45) is 0 Å². The lowest BCUT2D eigenvalue weighted by Crippen LogP contribution is -2.61. The van der Waals surface area contributed by atoms with Gasteiger partial charge in [0.15, 0.2) is 0 Å². The number of ether oxygens (including phenoxy) is 1. The molecule has 0 bridgehead atoms. The van der Waals surface area contributed by atoms with Gasteiger partial charge in [0.1, 0.15) is 10.8 Å². The summed E-state index contributed by atoms with van der Waals surface area (Å²) >= 11 is 0. The lowest BCUT2D eigenvalue weighted by Gasteiger charge is -2.32. The number of hydrogen-bond donors (Lipinski definition) is 0. The Morgan fingerprint density at radius 3 is 1.82 bits per heavy atom. The van der Waals surface area contributed by atoms with Crippen LogP contribution in [0.3, 0.4) is 0 Å². The predicted molar refractivity (Wildman–Crippen MR) is 54.8 cm³/mol. The van der Waals surface area contributed by atoms with Crippen LogP contribution < -0.4 is 0 Å². The number of esters is 1. The molecule has 0 spiro atoms. The second-order valence-corrected chi connectivity index (χ2v) is 4.90. The van der Waals surface area contributed by atoms with E-state index >= 15 is 0 Å². The molecule has 3 nitrogen and oxygen atoms in total. The molecule has 0 aromatic carbocycles. The zero-order chi connectivity index (χ0) is 18.0. The molecule has 0 unspecified atom stereocenters. The Balaban J connectivity index is 5.54. The third-order valence-corrected chi connectivity index (χ3v) is 3.13. The van der Waals surface area contributed by atoms with Crippen molar-refractivity contribution in [2.45, 2.75) is 30.2 Å². The van der Waals surface area contributed by atoms with Crippen molar-refractivity contribution in [3.05, 3.63) is 11.5 Å². The summed E-state index contributed by atoms with van der Waals surface area (Å²) in [6.45, 7) is 0.976. The number of carbonyl (C=O) groups excluding carboxylic acids is 1. The van der Waals surface area contributed by atoms with Crippen LogP contribution in [0.4, 0.5) is 39.5 Å². The third-order valence-electron chi connectivity index (χ3n) is 1.98. The van der Waals surface area contributed by atoms with E-state index in [0.717, 1.165) is 0 Å². The molecule has 0 aromatic heterocycles. The maximum absolute atomic E-state index is 13.0. The van der Waals surface area contributed by atoms with Gasteiger partial charge in [-0.05, 0) is 6.92 Å². The average molecular weight is 366 g/mol. The zero-order valence-electron chi connectivity index (χ0n) is 10.4. The second-order valence-electron chi connectivity index (χ2n) is 3.52. The Labute approximate surface area is 119 Å². The van der Waals surface area contributed by atoms with Crippen molar-refractivity contribution in [3.63, 3.8) is 0 Å². The van der Waals surface area contributed by atoms with Gasteiger partial charge in [-0.15, -0.1) is 0 Å². The molecular weight excluding hydrogens is 359 g/mol. The van der Waals surface area contributed by atoms with Crippen LogP contribution in [0.5, 0.6) is 0 Å². The van der Waals surface area contributed by atoms with E-state index in [1.54, 1.807) is 0 Å². The van der Waals surface area contributed by atoms with Crippen LogP contribution in [-0.4, -0.2) is 40.1 Å². The molecule has 0 saturated carbocycles. The minimum Gasteiger partial charge on any atom is -0.463 e. The van der Waals surface area contributed by atoms with Gasteiger partial charge in [-0.2, -0.15) is 39.5 Å². The van der Waals surface area contributed by atoms with Gasteiger partial charge >= 0.3 is 29.2 Å². The van der Waals surface area contributed by atoms with Crippen molar-refractivity contribution in [1.82, 2.24) is 0 Å². The van der Waals surface area contributed by atoms with E-state index in [1.165, 1.54) is 6.92 Å². The Kier molecular flexibility index (Phi) is 6.09. The fourth-order valence-electron chi connectivity index (χ4n) is 0.880. The summed E-state index contributed by atoms with van der Waals surface area (Å²) in [5, 5.41) is -6.76. The van der Waals surface area contributed by atoms with Gasteiger partial charge in [0, 0.05) is 11.5 Å². The molecule has 1 atom stereocenters. The van der Waals surface area contributed by atoms with E-state index in [0.29, 0.717) is 0 Å². The maximum Gasteiger partial charge on any atom is 0.460 e. The molecule has 0 N–H and O–H groups in total. The highest BCUT2D eigenvalue weighted by Crippen LogP contribution is 2.54. The van der Waals surface area contributed by atoms with E-state index < -0.39 is 45.5 Å². The normalized spacial score (nSPS) is 15.9. The summed E-state index contributed by atoms with van der Waals surface area (Å²) in [7, 11) is -4.35. The van der Waals surface area contributed by atoms with Crippen LogP contribution in [0, 0.1) is 0 Å². The molecule has 0 aliphatic heterocycles. The minimum absolute atomic E-state index is 0.0602. The number of carbonyl (C=O) groups is 1.